The molecule has 0 unspecified atom stereocenters. The first-order valence-electron chi connectivity index (χ1n) is 10.1. The van der Waals surface area contributed by atoms with Gasteiger partial charge in [-0.3, -0.25) is 9.59 Å². The molecule has 0 atom stereocenters. The normalized spacial score (nSPS) is 10.7. The van der Waals surface area contributed by atoms with Crippen LogP contribution >= 0.6 is 0 Å². The summed E-state index contributed by atoms with van der Waals surface area (Å²) in [4.78, 5) is 24.1. The van der Waals surface area contributed by atoms with Crippen molar-refractivity contribution in [2.75, 3.05) is 5.32 Å². The minimum absolute atomic E-state index is 0.0517. The first-order valence-corrected chi connectivity index (χ1v) is 10.1. The monoisotopic (exact) mass is 436 g/mol. The van der Waals surface area contributed by atoms with Crippen molar-refractivity contribution in [2.24, 2.45) is 7.05 Å². The van der Waals surface area contributed by atoms with Gasteiger partial charge in [-0.2, -0.15) is 0 Å². The van der Waals surface area contributed by atoms with Crippen LogP contribution in [0, 0.1) is 12.7 Å². The van der Waals surface area contributed by atoms with Crippen molar-refractivity contribution in [2.45, 2.75) is 26.9 Å². The maximum Gasteiger partial charge on any atom is 0.254 e. The largest absolute Gasteiger partial charge is 0.490 e. The van der Waals surface area contributed by atoms with Crippen LogP contribution in [0.4, 0.5) is 10.1 Å². The minimum atomic E-state index is -0.501. The van der Waals surface area contributed by atoms with Gasteiger partial charge >= 0.3 is 0 Å². The lowest BCUT2D eigenvalue weighted by atomic mass is 10.0. The number of pyridine rings is 1. The fourth-order valence-electron chi connectivity index (χ4n) is 3.07. The van der Waals surface area contributed by atoms with E-state index in [-0.39, 0.29) is 23.3 Å². The van der Waals surface area contributed by atoms with Crippen molar-refractivity contribution >= 4 is 11.6 Å². The van der Waals surface area contributed by atoms with Crippen LogP contribution in [-0.4, -0.2) is 16.6 Å². The molecular weight excluding hydrogens is 411 g/mol. The van der Waals surface area contributed by atoms with E-state index in [1.54, 1.807) is 50.5 Å². The molecule has 0 fully saturated rings. The second kappa shape index (κ2) is 9.51. The summed E-state index contributed by atoms with van der Waals surface area (Å²) in [5.41, 5.74) is 2.07. The lowest BCUT2D eigenvalue weighted by Gasteiger charge is -2.19. The van der Waals surface area contributed by atoms with Gasteiger partial charge in [0.25, 0.3) is 5.56 Å². The third-order valence-corrected chi connectivity index (χ3v) is 4.58. The van der Waals surface area contributed by atoms with Crippen LogP contribution in [0.15, 0.2) is 66.1 Å². The molecule has 166 valence electrons. The number of carbonyl (C=O) groups is 1. The summed E-state index contributed by atoms with van der Waals surface area (Å²) in [5, 5.41) is 2.70. The number of carbonyl (C=O) groups excluding carboxylic acids is 1. The molecule has 32 heavy (non-hydrogen) atoms. The van der Waals surface area contributed by atoms with E-state index < -0.39 is 5.82 Å². The third-order valence-electron chi connectivity index (χ3n) is 4.58. The highest BCUT2D eigenvalue weighted by Crippen LogP contribution is 2.40. The molecular formula is C25H25FN2O4. The van der Waals surface area contributed by atoms with E-state index in [1.807, 2.05) is 13.8 Å². The first kappa shape index (κ1) is 22.8. The average molecular weight is 436 g/mol. The van der Waals surface area contributed by atoms with E-state index in [0.717, 1.165) is 11.6 Å². The highest BCUT2D eigenvalue weighted by Gasteiger charge is 2.18. The zero-order chi connectivity index (χ0) is 23.4. The highest BCUT2D eigenvalue weighted by molar-refractivity contribution is 5.99. The van der Waals surface area contributed by atoms with Gasteiger partial charge in [0.05, 0.1) is 6.10 Å². The molecule has 1 N–H and O–H groups in total. The Bertz CT molecular complexity index is 1230. The summed E-state index contributed by atoms with van der Waals surface area (Å²) < 4.78 is 27.7. The number of halogens is 1. The molecule has 0 aliphatic heterocycles. The van der Waals surface area contributed by atoms with Crippen molar-refractivity contribution in [1.82, 2.24) is 4.57 Å². The van der Waals surface area contributed by atoms with Crippen molar-refractivity contribution < 1.29 is 18.7 Å². The van der Waals surface area contributed by atoms with Gasteiger partial charge in [-0.1, -0.05) is 12.6 Å². The lowest BCUT2D eigenvalue weighted by molar-refractivity contribution is -0.111. The van der Waals surface area contributed by atoms with E-state index in [1.165, 1.54) is 16.7 Å². The summed E-state index contributed by atoms with van der Waals surface area (Å²) in [6, 6.07) is 11.0. The molecule has 0 spiro atoms. The van der Waals surface area contributed by atoms with E-state index in [9.17, 15) is 14.0 Å². The molecule has 0 bridgehead atoms. The maximum absolute atomic E-state index is 14.5. The van der Waals surface area contributed by atoms with Gasteiger partial charge in [-0.25, -0.2) is 4.39 Å². The van der Waals surface area contributed by atoms with E-state index in [0.29, 0.717) is 28.3 Å². The molecule has 6 nitrogen and oxygen atoms in total. The van der Waals surface area contributed by atoms with Crippen LogP contribution in [0.3, 0.4) is 0 Å². The number of benzene rings is 2. The smallest absolute Gasteiger partial charge is 0.254 e. The number of aryl methyl sites for hydroxylation is 2. The third kappa shape index (κ3) is 5.24. The quantitative estimate of drug-likeness (QED) is 0.517. The topological polar surface area (TPSA) is 69.6 Å². The van der Waals surface area contributed by atoms with Crippen LogP contribution in [0.25, 0.3) is 11.1 Å². The Morgan fingerprint density at radius 3 is 2.47 bits per heavy atom. The first-order chi connectivity index (χ1) is 15.2. The SMILES string of the molecule is C=CC(=O)Nc1ccc(Oc2ccc(C)cc2F)c(-c2cn(C)c(=O)cc2OC(C)C)c1. The van der Waals surface area contributed by atoms with Gasteiger partial charge in [0, 0.05) is 36.1 Å². The Morgan fingerprint density at radius 2 is 1.81 bits per heavy atom. The summed E-state index contributed by atoms with van der Waals surface area (Å²) >= 11 is 0. The summed E-state index contributed by atoms with van der Waals surface area (Å²) in [5.74, 6) is -0.149. The Labute approximate surface area is 185 Å². The zero-order valence-electron chi connectivity index (χ0n) is 18.4. The number of anilines is 1. The van der Waals surface area contributed by atoms with Crippen molar-refractivity contribution in [1.29, 1.82) is 0 Å². The van der Waals surface area contributed by atoms with Gasteiger partial charge in [-0.05, 0) is 62.7 Å². The summed E-state index contributed by atoms with van der Waals surface area (Å²) in [6.45, 7) is 8.94. The Kier molecular flexibility index (Phi) is 6.78. The molecule has 3 rings (SSSR count). The molecule has 0 radical (unpaired) electrons. The lowest BCUT2D eigenvalue weighted by Crippen LogP contribution is -2.17. The van der Waals surface area contributed by atoms with Gasteiger partial charge < -0.3 is 19.4 Å². The molecule has 0 saturated carbocycles. The molecule has 1 heterocycles. The van der Waals surface area contributed by atoms with E-state index >= 15 is 0 Å². The predicted octanol–water partition coefficient (Wildman–Crippen LogP) is 5.20. The molecule has 0 aliphatic carbocycles. The highest BCUT2D eigenvalue weighted by atomic mass is 19.1. The number of hydrogen-bond acceptors (Lipinski definition) is 4. The standard InChI is InChI=1S/C25H25FN2O4/c1-6-24(29)27-17-8-10-21(32-22-9-7-16(4)11-20(22)26)18(12-17)19-14-28(5)25(30)13-23(19)31-15(2)3/h6-15H,1H2,2-5H3,(H,27,29). The van der Waals surface area contributed by atoms with Crippen molar-refractivity contribution in [3.05, 3.63) is 83.1 Å². The molecule has 3 aromatic rings. The van der Waals surface area contributed by atoms with Crippen LogP contribution in [0.2, 0.25) is 0 Å². The Hall–Kier alpha value is -3.87. The van der Waals surface area contributed by atoms with Crippen LogP contribution in [-0.2, 0) is 11.8 Å². The Morgan fingerprint density at radius 1 is 1.09 bits per heavy atom. The average Bonchev–Trinajstić information content (AvgIpc) is 2.73. The number of rotatable bonds is 7. The number of nitrogens with one attached hydrogen (secondary N) is 1. The summed E-state index contributed by atoms with van der Waals surface area (Å²) in [6.07, 6.45) is 2.58. The molecule has 2 aromatic carbocycles. The molecule has 1 amide bonds. The van der Waals surface area contributed by atoms with Gasteiger partial charge in [0.1, 0.15) is 11.5 Å². The second-order valence-corrected chi connectivity index (χ2v) is 7.61. The number of ether oxygens (including phenoxy) is 2. The van der Waals surface area contributed by atoms with Gasteiger partial charge in [-0.15, -0.1) is 0 Å². The summed E-state index contributed by atoms with van der Waals surface area (Å²) in [7, 11) is 1.62. The van der Waals surface area contributed by atoms with Crippen LogP contribution in [0.5, 0.6) is 17.2 Å². The molecule has 7 heteroatoms. The number of nitrogens with zero attached hydrogens (tertiary/aromatic N) is 1. The zero-order valence-corrected chi connectivity index (χ0v) is 18.4. The van der Waals surface area contributed by atoms with Crippen molar-refractivity contribution in [3.8, 4) is 28.4 Å². The fourth-order valence-corrected chi connectivity index (χ4v) is 3.07. The molecule has 1 aromatic heterocycles. The number of amides is 1. The van der Waals surface area contributed by atoms with Gasteiger partial charge in [0.2, 0.25) is 5.91 Å². The number of hydrogen-bond donors (Lipinski definition) is 1. The van der Waals surface area contributed by atoms with E-state index in [2.05, 4.69) is 11.9 Å². The minimum Gasteiger partial charge on any atom is -0.490 e. The van der Waals surface area contributed by atoms with Gasteiger partial charge in [0.15, 0.2) is 11.6 Å². The fraction of sp³-hybridized carbons (Fsp3) is 0.200. The second-order valence-electron chi connectivity index (χ2n) is 7.61. The Balaban J connectivity index is 2.20. The maximum atomic E-state index is 14.5. The predicted molar refractivity (Wildman–Crippen MR) is 123 cm³/mol. The molecule has 0 aliphatic rings. The van der Waals surface area contributed by atoms with Crippen LogP contribution < -0.4 is 20.3 Å². The number of aromatic nitrogens is 1. The van der Waals surface area contributed by atoms with E-state index in [4.69, 9.17) is 9.47 Å². The van der Waals surface area contributed by atoms with Crippen molar-refractivity contribution in [3.63, 3.8) is 0 Å². The van der Waals surface area contributed by atoms with Crippen LogP contribution in [0.1, 0.15) is 19.4 Å². The molecule has 0 saturated heterocycles.